The van der Waals surface area contributed by atoms with Crippen LogP contribution in [0.5, 0.6) is 0 Å². The first-order chi connectivity index (χ1) is 26.6. The average molecular weight is 780 g/mol. The van der Waals surface area contributed by atoms with E-state index in [0.717, 1.165) is 38.5 Å². The third-order valence-corrected chi connectivity index (χ3v) is 10.7. The summed E-state index contributed by atoms with van der Waals surface area (Å²) in [4.78, 5) is 36.8. The molecule has 0 saturated carbocycles. The van der Waals surface area contributed by atoms with Gasteiger partial charge in [0.1, 0.15) is 12.6 Å². The Morgan fingerprint density at radius 1 is 0.527 bits per heavy atom. The molecule has 0 aromatic heterocycles. The van der Waals surface area contributed by atoms with Gasteiger partial charge in [-0.2, -0.15) is 0 Å². The minimum absolute atomic E-state index is 0.0445. The Labute approximate surface area is 339 Å². The van der Waals surface area contributed by atoms with Gasteiger partial charge in [0.05, 0.1) is 40.3 Å². The molecule has 2 atom stereocenters. The number of hydrogen-bond acceptors (Lipinski definition) is 7. The number of ether oxygens (including phenoxy) is 3. The summed E-state index contributed by atoms with van der Waals surface area (Å²) in [5.74, 6) is -1.73. The highest BCUT2D eigenvalue weighted by Crippen LogP contribution is 2.15. The second kappa shape index (κ2) is 38.9. The molecule has 8 heteroatoms. The molecule has 0 amide bonds. The number of hydrogen-bond donors (Lipinski definition) is 0. The van der Waals surface area contributed by atoms with E-state index in [2.05, 4.69) is 26.0 Å². The van der Waals surface area contributed by atoms with Crippen LogP contribution in [-0.2, 0) is 28.6 Å². The second-order valence-electron chi connectivity index (χ2n) is 17.0. The second-order valence-corrected chi connectivity index (χ2v) is 17.0. The largest absolute Gasteiger partial charge is 0.544 e. The number of quaternary nitrogens is 1. The van der Waals surface area contributed by atoms with Gasteiger partial charge in [0.25, 0.3) is 0 Å². The molecule has 55 heavy (non-hydrogen) atoms. The molecule has 0 fully saturated rings. The van der Waals surface area contributed by atoms with Crippen molar-refractivity contribution in [2.75, 3.05) is 41.0 Å². The van der Waals surface area contributed by atoms with Crippen LogP contribution < -0.4 is 5.11 Å². The summed E-state index contributed by atoms with van der Waals surface area (Å²) >= 11 is 0. The molecule has 324 valence electrons. The van der Waals surface area contributed by atoms with Gasteiger partial charge in [0.2, 0.25) is 0 Å². The third-order valence-electron chi connectivity index (χ3n) is 10.7. The molecule has 0 spiro atoms. The first kappa shape index (κ1) is 53.1. The van der Waals surface area contributed by atoms with E-state index in [1.165, 1.54) is 148 Å². The van der Waals surface area contributed by atoms with Crippen LogP contribution in [0.4, 0.5) is 0 Å². The molecule has 0 aliphatic rings. The fraction of sp³-hybridized carbons (Fsp3) is 0.894. The molecule has 0 N–H and O–H groups in total. The molecular weight excluding hydrogens is 691 g/mol. The summed E-state index contributed by atoms with van der Waals surface area (Å²) in [7, 11) is 5.41. The lowest BCUT2D eigenvalue weighted by Crippen LogP contribution is -2.55. The summed E-state index contributed by atoms with van der Waals surface area (Å²) < 4.78 is 17.1. The molecule has 0 aromatic rings. The van der Waals surface area contributed by atoms with E-state index >= 15 is 0 Å². The number of esters is 2. The Morgan fingerprint density at radius 2 is 0.909 bits per heavy atom. The number of carboxylic acid groups (broad SMARTS) is 1. The standard InChI is InChI=1S/C47H89NO7/c1-6-8-10-12-14-16-17-18-19-20-21-22-23-24-25-26-27-28-30-31-33-35-37-45(49)54-42-43(41-53-40-39-44(47(51)52)48(3,4)5)55-46(50)38-36-34-32-29-15-13-11-9-7-2/h23-24,43-44H,6-22,25-42H2,1-5H3/b24-23+. The van der Waals surface area contributed by atoms with Crippen LogP contribution in [0.1, 0.15) is 219 Å². The lowest BCUT2D eigenvalue weighted by molar-refractivity contribution is -0.889. The minimum atomic E-state index is -1.12. The molecule has 0 bridgehead atoms. The van der Waals surface area contributed by atoms with Crippen molar-refractivity contribution in [2.24, 2.45) is 0 Å². The molecule has 0 aliphatic heterocycles. The highest BCUT2D eigenvalue weighted by molar-refractivity contribution is 5.70. The number of carbonyl (C=O) groups is 3. The minimum Gasteiger partial charge on any atom is -0.544 e. The molecule has 0 aliphatic carbocycles. The van der Waals surface area contributed by atoms with E-state index in [4.69, 9.17) is 14.2 Å². The molecule has 8 nitrogen and oxygen atoms in total. The molecular formula is C47H89NO7. The zero-order chi connectivity index (χ0) is 40.7. The SMILES string of the molecule is CCCCCCCCCCCCC/C=C/CCCCCCCCCC(=O)OCC(COCCC(C(=O)[O-])[N+](C)(C)C)OC(=O)CCCCCCCCCCC. The van der Waals surface area contributed by atoms with Gasteiger partial charge in [-0.3, -0.25) is 9.59 Å². The Balaban J connectivity index is 4.14. The van der Waals surface area contributed by atoms with Crippen LogP contribution in [0.15, 0.2) is 12.2 Å². The Bertz CT molecular complexity index is 915. The summed E-state index contributed by atoms with van der Waals surface area (Å²) in [6.45, 7) is 4.66. The van der Waals surface area contributed by atoms with Crippen LogP contribution in [0.25, 0.3) is 0 Å². The van der Waals surface area contributed by atoms with Gasteiger partial charge in [0.15, 0.2) is 6.10 Å². The normalized spacial score (nSPS) is 13.0. The van der Waals surface area contributed by atoms with E-state index in [0.29, 0.717) is 12.8 Å². The van der Waals surface area contributed by atoms with Gasteiger partial charge in [-0.25, -0.2) is 0 Å². The van der Waals surface area contributed by atoms with Gasteiger partial charge in [0, 0.05) is 19.3 Å². The lowest BCUT2D eigenvalue weighted by atomic mass is 10.0. The van der Waals surface area contributed by atoms with Crippen molar-refractivity contribution in [3.8, 4) is 0 Å². The quantitative estimate of drug-likeness (QED) is 0.0263. The molecule has 0 aromatic carbocycles. The van der Waals surface area contributed by atoms with Gasteiger partial charge in [-0.05, 0) is 38.5 Å². The topological polar surface area (TPSA) is 102 Å². The van der Waals surface area contributed by atoms with Crippen LogP contribution >= 0.6 is 0 Å². The van der Waals surface area contributed by atoms with Crippen LogP contribution in [0.3, 0.4) is 0 Å². The number of nitrogens with zero attached hydrogens (tertiary/aromatic N) is 1. The van der Waals surface area contributed by atoms with Crippen molar-refractivity contribution >= 4 is 17.9 Å². The highest BCUT2D eigenvalue weighted by Gasteiger charge is 2.25. The molecule has 0 rings (SSSR count). The first-order valence-electron chi connectivity index (χ1n) is 23.2. The average Bonchev–Trinajstić information content (AvgIpc) is 3.14. The first-order valence-corrected chi connectivity index (χ1v) is 23.2. The van der Waals surface area contributed by atoms with Crippen molar-refractivity contribution in [3.05, 3.63) is 12.2 Å². The fourth-order valence-electron chi connectivity index (χ4n) is 7.01. The monoisotopic (exact) mass is 780 g/mol. The van der Waals surface area contributed by atoms with Crippen LogP contribution in [0, 0.1) is 0 Å². The van der Waals surface area contributed by atoms with Crippen molar-refractivity contribution < 1.29 is 38.2 Å². The maximum absolute atomic E-state index is 12.6. The van der Waals surface area contributed by atoms with E-state index in [-0.39, 0.29) is 42.7 Å². The van der Waals surface area contributed by atoms with E-state index in [9.17, 15) is 19.5 Å². The Hall–Kier alpha value is -1.93. The van der Waals surface area contributed by atoms with E-state index < -0.39 is 18.1 Å². The predicted octanol–water partition coefficient (Wildman–Crippen LogP) is 11.4. The summed E-state index contributed by atoms with van der Waals surface area (Å²) in [6, 6.07) is -0.721. The Morgan fingerprint density at radius 3 is 1.31 bits per heavy atom. The number of aliphatic carboxylic acids is 1. The fourth-order valence-corrected chi connectivity index (χ4v) is 7.01. The van der Waals surface area contributed by atoms with Crippen LogP contribution in [-0.4, -0.2) is 75.5 Å². The maximum atomic E-state index is 12.6. The van der Waals surface area contributed by atoms with Gasteiger partial charge in [-0.15, -0.1) is 0 Å². The highest BCUT2D eigenvalue weighted by atomic mass is 16.6. The molecule has 0 radical (unpaired) electrons. The smallest absolute Gasteiger partial charge is 0.306 e. The van der Waals surface area contributed by atoms with Gasteiger partial charge < -0.3 is 28.6 Å². The summed E-state index contributed by atoms with van der Waals surface area (Å²) in [6.07, 6.45) is 41.1. The number of rotatable bonds is 42. The molecule has 0 heterocycles. The maximum Gasteiger partial charge on any atom is 0.306 e. The predicted molar refractivity (Wildman–Crippen MR) is 227 cm³/mol. The van der Waals surface area contributed by atoms with Crippen molar-refractivity contribution in [2.45, 2.75) is 231 Å². The zero-order valence-electron chi connectivity index (χ0n) is 36.9. The van der Waals surface area contributed by atoms with Gasteiger partial charge >= 0.3 is 11.9 Å². The lowest BCUT2D eigenvalue weighted by Gasteiger charge is -2.34. The number of carbonyl (C=O) groups excluding carboxylic acids is 3. The van der Waals surface area contributed by atoms with Crippen molar-refractivity contribution in [1.82, 2.24) is 0 Å². The van der Waals surface area contributed by atoms with E-state index in [1.54, 1.807) is 21.1 Å². The number of allylic oxidation sites excluding steroid dienone is 2. The molecule has 0 saturated heterocycles. The van der Waals surface area contributed by atoms with E-state index in [1.807, 2.05) is 0 Å². The Kier molecular flexibility index (Phi) is 37.6. The summed E-state index contributed by atoms with van der Waals surface area (Å²) in [5, 5.41) is 11.6. The number of carboxylic acids is 1. The number of unbranched alkanes of at least 4 members (excludes halogenated alkanes) is 26. The summed E-state index contributed by atoms with van der Waals surface area (Å²) in [5.41, 5.74) is 0. The number of likely N-dealkylation sites (N-methyl/N-ethyl adjacent to an activating group) is 1. The van der Waals surface area contributed by atoms with Crippen LogP contribution in [0.2, 0.25) is 0 Å². The molecule has 2 unspecified atom stereocenters. The van der Waals surface area contributed by atoms with Crippen molar-refractivity contribution in [3.63, 3.8) is 0 Å². The third kappa shape index (κ3) is 37.4. The zero-order valence-corrected chi connectivity index (χ0v) is 36.9. The van der Waals surface area contributed by atoms with Crippen molar-refractivity contribution in [1.29, 1.82) is 0 Å². The van der Waals surface area contributed by atoms with Gasteiger partial charge in [-0.1, -0.05) is 174 Å².